The van der Waals surface area contributed by atoms with Crippen molar-refractivity contribution in [3.05, 3.63) is 28.8 Å². The zero-order chi connectivity index (χ0) is 14.2. The first kappa shape index (κ1) is 14.2. The number of aliphatic hydroxyl groups is 1. The van der Waals surface area contributed by atoms with Crippen LogP contribution in [0.25, 0.3) is 0 Å². The van der Waals surface area contributed by atoms with Crippen LogP contribution in [0, 0.1) is 0 Å². The molecule has 1 heterocycles. The second kappa shape index (κ2) is 5.02. The van der Waals surface area contributed by atoms with Gasteiger partial charge in [0.2, 0.25) is 5.91 Å². The third-order valence-electron chi connectivity index (χ3n) is 3.60. The average molecular weight is 283 g/mol. The minimum Gasteiger partial charge on any atom is -0.389 e. The first-order valence-corrected chi connectivity index (χ1v) is 6.75. The zero-order valence-corrected chi connectivity index (χ0v) is 12.2. The Morgan fingerprint density at radius 3 is 2.74 bits per heavy atom. The third kappa shape index (κ3) is 2.55. The normalized spacial score (nSPS) is 20.1. The molecule has 1 fully saturated rings. The largest absolute Gasteiger partial charge is 0.389 e. The number of rotatable bonds is 2. The summed E-state index contributed by atoms with van der Waals surface area (Å²) in [6.45, 7) is 6.77. The van der Waals surface area contributed by atoms with Crippen molar-refractivity contribution in [1.29, 1.82) is 0 Å². The lowest BCUT2D eigenvalue weighted by molar-refractivity contribution is -0.126. The van der Waals surface area contributed by atoms with Crippen molar-refractivity contribution in [2.24, 2.45) is 0 Å². The maximum Gasteiger partial charge on any atom is 0.245 e. The van der Waals surface area contributed by atoms with Crippen LogP contribution in [0.1, 0.15) is 32.4 Å². The van der Waals surface area contributed by atoms with E-state index in [9.17, 15) is 9.90 Å². The highest BCUT2D eigenvalue weighted by Gasteiger charge is 2.38. The van der Waals surface area contributed by atoms with E-state index < -0.39 is 11.6 Å². The van der Waals surface area contributed by atoms with Crippen LogP contribution in [-0.4, -0.2) is 29.6 Å². The number of nitrogens with one attached hydrogen (secondary N) is 1. The van der Waals surface area contributed by atoms with Crippen molar-refractivity contribution in [3.8, 4) is 0 Å². The van der Waals surface area contributed by atoms with Crippen LogP contribution in [0.5, 0.6) is 0 Å². The van der Waals surface area contributed by atoms with Gasteiger partial charge in [-0.3, -0.25) is 4.79 Å². The van der Waals surface area contributed by atoms with Crippen molar-refractivity contribution in [2.45, 2.75) is 32.4 Å². The van der Waals surface area contributed by atoms with Gasteiger partial charge in [0.15, 0.2) is 0 Å². The van der Waals surface area contributed by atoms with Gasteiger partial charge in [-0.15, -0.1) is 0 Å². The minimum atomic E-state index is -0.631. The quantitative estimate of drug-likeness (QED) is 0.873. The third-order valence-corrected chi connectivity index (χ3v) is 3.90. The molecule has 0 unspecified atom stereocenters. The molecule has 1 aliphatic heterocycles. The van der Waals surface area contributed by atoms with Gasteiger partial charge in [-0.2, -0.15) is 0 Å². The van der Waals surface area contributed by atoms with E-state index in [1.807, 2.05) is 30.9 Å². The number of carbonyl (C=O) groups excluding carboxylic acids is 1. The predicted octanol–water partition coefficient (Wildman–Crippen LogP) is 2.11. The summed E-state index contributed by atoms with van der Waals surface area (Å²) in [4.78, 5) is 14.0. The van der Waals surface area contributed by atoms with Gasteiger partial charge in [0.05, 0.1) is 16.8 Å². The smallest absolute Gasteiger partial charge is 0.245 e. The van der Waals surface area contributed by atoms with Crippen LogP contribution in [0.15, 0.2) is 18.2 Å². The van der Waals surface area contributed by atoms with Gasteiger partial charge >= 0.3 is 0 Å². The van der Waals surface area contributed by atoms with E-state index >= 15 is 0 Å². The number of carbonyl (C=O) groups is 1. The van der Waals surface area contributed by atoms with Crippen LogP contribution in [-0.2, 0) is 4.79 Å². The van der Waals surface area contributed by atoms with Gasteiger partial charge in [0.25, 0.3) is 0 Å². The summed E-state index contributed by atoms with van der Waals surface area (Å²) in [5, 5.41) is 13.0. The molecule has 1 aromatic carbocycles. The predicted molar refractivity (Wildman–Crippen MR) is 76.5 cm³/mol. The molecule has 0 spiro atoms. The molecule has 104 valence electrons. The molecule has 1 aromatic rings. The van der Waals surface area contributed by atoms with E-state index in [0.717, 1.165) is 11.3 Å². The van der Waals surface area contributed by atoms with Gasteiger partial charge in [-0.05, 0) is 38.5 Å². The SMILES string of the molecule is C[C@@H](O)c1ccc(N2CCNC(=O)C2(C)C)c(Cl)c1. The summed E-state index contributed by atoms with van der Waals surface area (Å²) in [6, 6.07) is 5.46. The molecule has 19 heavy (non-hydrogen) atoms. The highest BCUT2D eigenvalue weighted by molar-refractivity contribution is 6.33. The summed E-state index contributed by atoms with van der Waals surface area (Å²) < 4.78 is 0. The van der Waals surface area contributed by atoms with E-state index in [1.54, 1.807) is 13.0 Å². The number of benzene rings is 1. The Kier molecular flexibility index (Phi) is 3.74. The van der Waals surface area contributed by atoms with E-state index in [-0.39, 0.29) is 5.91 Å². The number of anilines is 1. The molecule has 5 heteroatoms. The van der Waals surface area contributed by atoms with Crippen molar-refractivity contribution in [3.63, 3.8) is 0 Å². The van der Waals surface area contributed by atoms with Crippen LogP contribution in [0.2, 0.25) is 5.02 Å². The topological polar surface area (TPSA) is 52.6 Å². The Bertz CT molecular complexity index is 500. The van der Waals surface area contributed by atoms with Crippen molar-refractivity contribution in [1.82, 2.24) is 5.32 Å². The van der Waals surface area contributed by atoms with E-state index in [4.69, 9.17) is 11.6 Å². The molecule has 1 amide bonds. The molecule has 2 rings (SSSR count). The number of hydrogen-bond acceptors (Lipinski definition) is 3. The molecule has 1 saturated heterocycles. The standard InChI is InChI=1S/C14H19ClN2O2/c1-9(18)10-4-5-12(11(15)8-10)17-7-6-16-13(19)14(17,2)3/h4-5,8-9,18H,6-7H2,1-3H3,(H,16,19)/t9-/m1/s1. The molecule has 4 nitrogen and oxygen atoms in total. The van der Waals surface area contributed by atoms with Crippen LogP contribution < -0.4 is 10.2 Å². The maximum atomic E-state index is 12.0. The summed E-state index contributed by atoms with van der Waals surface area (Å²) >= 11 is 6.30. The summed E-state index contributed by atoms with van der Waals surface area (Å²) in [5.74, 6) is -0.00517. The average Bonchev–Trinajstić information content (AvgIpc) is 2.33. The number of amides is 1. The summed E-state index contributed by atoms with van der Waals surface area (Å²) in [5.41, 5.74) is 0.966. The number of halogens is 1. The fourth-order valence-electron chi connectivity index (χ4n) is 2.32. The zero-order valence-electron chi connectivity index (χ0n) is 11.4. The Labute approximate surface area is 118 Å². The number of nitrogens with zero attached hydrogens (tertiary/aromatic N) is 1. The molecule has 0 bridgehead atoms. The molecular formula is C14H19ClN2O2. The maximum absolute atomic E-state index is 12.0. The monoisotopic (exact) mass is 282 g/mol. The van der Waals surface area contributed by atoms with E-state index in [1.165, 1.54) is 0 Å². The molecule has 1 aliphatic rings. The minimum absolute atomic E-state index is 0.00517. The first-order chi connectivity index (χ1) is 8.84. The highest BCUT2D eigenvalue weighted by atomic mass is 35.5. The second-order valence-corrected chi connectivity index (χ2v) is 5.76. The number of piperazine rings is 1. The lowest BCUT2D eigenvalue weighted by atomic mass is 9.97. The summed E-state index contributed by atoms with van der Waals surface area (Å²) in [7, 11) is 0. The molecular weight excluding hydrogens is 264 g/mol. The molecule has 0 radical (unpaired) electrons. The Morgan fingerprint density at radius 1 is 1.47 bits per heavy atom. The second-order valence-electron chi connectivity index (χ2n) is 5.35. The van der Waals surface area contributed by atoms with Gasteiger partial charge in [-0.1, -0.05) is 17.7 Å². The van der Waals surface area contributed by atoms with Crippen molar-refractivity contribution >= 4 is 23.2 Å². The van der Waals surface area contributed by atoms with E-state index in [2.05, 4.69) is 5.32 Å². The molecule has 2 N–H and O–H groups in total. The van der Waals surface area contributed by atoms with Crippen molar-refractivity contribution < 1.29 is 9.90 Å². The fraction of sp³-hybridized carbons (Fsp3) is 0.500. The molecule has 1 atom stereocenters. The Hall–Kier alpha value is -1.26. The van der Waals surface area contributed by atoms with Crippen molar-refractivity contribution in [2.75, 3.05) is 18.0 Å². The number of hydrogen-bond donors (Lipinski definition) is 2. The molecule has 0 saturated carbocycles. The summed E-state index contributed by atoms with van der Waals surface area (Å²) in [6.07, 6.45) is -0.552. The molecule has 0 aliphatic carbocycles. The van der Waals surface area contributed by atoms with Crippen LogP contribution in [0.4, 0.5) is 5.69 Å². The van der Waals surface area contributed by atoms with Gasteiger partial charge < -0.3 is 15.3 Å². The first-order valence-electron chi connectivity index (χ1n) is 6.37. The van der Waals surface area contributed by atoms with E-state index in [0.29, 0.717) is 18.1 Å². The highest BCUT2D eigenvalue weighted by Crippen LogP contribution is 2.34. The lowest BCUT2D eigenvalue weighted by Gasteiger charge is -2.43. The fourth-order valence-corrected chi connectivity index (χ4v) is 2.61. The Balaban J connectivity index is 2.38. The van der Waals surface area contributed by atoms with Crippen LogP contribution in [0.3, 0.4) is 0 Å². The van der Waals surface area contributed by atoms with Crippen LogP contribution >= 0.6 is 11.6 Å². The molecule has 0 aromatic heterocycles. The Morgan fingerprint density at radius 2 is 2.16 bits per heavy atom. The number of aliphatic hydroxyl groups excluding tert-OH is 1. The lowest BCUT2D eigenvalue weighted by Crippen LogP contribution is -2.62. The van der Waals surface area contributed by atoms with Gasteiger partial charge in [0, 0.05) is 13.1 Å². The van der Waals surface area contributed by atoms with Gasteiger partial charge in [0.1, 0.15) is 5.54 Å². The van der Waals surface area contributed by atoms with Gasteiger partial charge in [-0.25, -0.2) is 0 Å².